The summed E-state index contributed by atoms with van der Waals surface area (Å²) in [5, 5.41) is 11.9. The summed E-state index contributed by atoms with van der Waals surface area (Å²) in [5.74, 6) is -1.86. The van der Waals surface area contributed by atoms with Crippen molar-refractivity contribution < 1.29 is 19.5 Å². The van der Waals surface area contributed by atoms with Gasteiger partial charge in [0.2, 0.25) is 11.8 Å². The quantitative estimate of drug-likeness (QED) is 0.791. The lowest BCUT2D eigenvalue weighted by Crippen LogP contribution is -2.43. The Labute approximate surface area is 118 Å². The second-order valence-corrected chi connectivity index (χ2v) is 6.03. The molecular weight excluding hydrogens is 260 g/mol. The lowest BCUT2D eigenvalue weighted by atomic mass is 10.0. The van der Waals surface area contributed by atoms with Crippen molar-refractivity contribution >= 4 is 17.8 Å². The van der Waals surface area contributed by atoms with Gasteiger partial charge in [-0.05, 0) is 26.7 Å². The molecule has 1 aliphatic carbocycles. The average Bonchev–Trinajstić information content (AvgIpc) is 2.95. The third kappa shape index (κ3) is 2.94. The molecule has 0 aromatic heterocycles. The number of amides is 2. The maximum Gasteiger partial charge on any atom is 0.308 e. The molecular formula is C14H22N2O4. The van der Waals surface area contributed by atoms with Gasteiger partial charge in [0.05, 0.1) is 11.8 Å². The molecule has 3 unspecified atom stereocenters. The Morgan fingerprint density at radius 1 is 1.35 bits per heavy atom. The van der Waals surface area contributed by atoms with Gasteiger partial charge in [-0.2, -0.15) is 0 Å². The number of aliphatic carboxylic acids is 1. The van der Waals surface area contributed by atoms with Gasteiger partial charge in [-0.3, -0.25) is 14.4 Å². The minimum atomic E-state index is -0.848. The molecule has 1 aliphatic heterocycles. The zero-order chi connectivity index (χ0) is 14.9. The molecule has 2 fully saturated rings. The van der Waals surface area contributed by atoms with Gasteiger partial charge in [-0.15, -0.1) is 0 Å². The first-order valence-electron chi connectivity index (χ1n) is 7.22. The Hall–Kier alpha value is -1.59. The van der Waals surface area contributed by atoms with Crippen LogP contribution in [0.5, 0.6) is 0 Å². The van der Waals surface area contributed by atoms with Crippen LogP contribution in [0.1, 0.15) is 39.5 Å². The van der Waals surface area contributed by atoms with E-state index in [-0.39, 0.29) is 36.2 Å². The summed E-state index contributed by atoms with van der Waals surface area (Å²) in [6.07, 6.45) is 2.37. The third-order valence-corrected chi connectivity index (χ3v) is 4.31. The number of rotatable bonds is 4. The minimum absolute atomic E-state index is 0.00126. The number of carbonyl (C=O) groups excluding carboxylic acids is 2. The Morgan fingerprint density at radius 3 is 2.60 bits per heavy atom. The van der Waals surface area contributed by atoms with E-state index in [0.717, 1.165) is 6.42 Å². The van der Waals surface area contributed by atoms with Crippen LogP contribution in [0.2, 0.25) is 0 Å². The Bertz CT molecular complexity index is 421. The van der Waals surface area contributed by atoms with Crippen LogP contribution in [0.25, 0.3) is 0 Å². The summed E-state index contributed by atoms with van der Waals surface area (Å²) in [4.78, 5) is 36.8. The summed E-state index contributed by atoms with van der Waals surface area (Å²) < 4.78 is 0. The van der Waals surface area contributed by atoms with E-state index in [4.69, 9.17) is 5.11 Å². The van der Waals surface area contributed by atoms with Gasteiger partial charge in [-0.25, -0.2) is 0 Å². The van der Waals surface area contributed by atoms with Gasteiger partial charge in [0.25, 0.3) is 0 Å². The third-order valence-electron chi connectivity index (χ3n) is 4.31. The van der Waals surface area contributed by atoms with E-state index in [2.05, 4.69) is 5.32 Å². The van der Waals surface area contributed by atoms with Crippen molar-refractivity contribution in [1.82, 2.24) is 10.2 Å². The summed E-state index contributed by atoms with van der Waals surface area (Å²) in [6.45, 7) is 4.29. The normalized spacial score (nSPS) is 30.1. The Balaban J connectivity index is 1.93. The van der Waals surface area contributed by atoms with Crippen LogP contribution in [-0.4, -0.2) is 46.4 Å². The van der Waals surface area contributed by atoms with Crippen molar-refractivity contribution in [3.05, 3.63) is 0 Å². The molecule has 1 heterocycles. The van der Waals surface area contributed by atoms with Crippen LogP contribution in [0.3, 0.4) is 0 Å². The monoisotopic (exact) mass is 282 g/mol. The molecule has 3 atom stereocenters. The van der Waals surface area contributed by atoms with E-state index in [1.54, 1.807) is 4.90 Å². The highest BCUT2D eigenvalue weighted by Gasteiger charge is 2.39. The van der Waals surface area contributed by atoms with Crippen LogP contribution in [-0.2, 0) is 14.4 Å². The van der Waals surface area contributed by atoms with Gasteiger partial charge in [-0.1, -0.05) is 6.42 Å². The van der Waals surface area contributed by atoms with E-state index < -0.39 is 11.9 Å². The first-order valence-corrected chi connectivity index (χ1v) is 7.22. The molecule has 20 heavy (non-hydrogen) atoms. The van der Waals surface area contributed by atoms with Crippen LogP contribution in [0.4, 0.5) is 0 Å². The number of hydrogen-bond donors (Lipinski definition) is 2. The van der Waals surface area contributed by atoms with Crippen LogP contribution >= 0.6 is 0 Å². The van der Waals surface area contributed by atoms with Gasteiger partial charge < -0.3 is 15.3 Å². The number of nitrogens with zero attached hydrogens (tertiary/aromatic N) is 1. The fourth-order valence-electron chi connectivity index (χ4n) is 3.14. The largest absolute Gasteiger partial charge is 0.481 e. The molecule has 1 saturated carbocycles. The SMILES string of the molecule is CC(C)N1CC(C(=O)NC2CCCC2C(=O)O)CC1=O. The molecule has 2 aliphatic rings. The highest BCUT2D eigenvalue weighted by Crippen LogP contribution is 2.27. The first-order chi connectivity index (χ1) is 9.40. The first kappa shape index (κ1) is 14.8. The second-order valence-electron chi connectivity index (χ2n) is 6.03. The zero-order valence-corrected chi connectivity index (χ0v) is 12.0. The van der Waals surface area contributed by atoms with Gasteiger partial charge in [0, 0.05) is 25.0 Å². The van der Waals surface area contributed by atoms with E-state index in [1.807, 2.05) is 13.8 Å². The number of likely N-dealkylation sites (tertiary alicyclic amines) is 1. The van der Waals surface area contributed by atoms with E-state index in [1.165, 1.54) is 0 Å². The molecule has 112 valence electrons. The molecule has 2 rings (SSSR count). The lowest BCUT2D eigenvalue weighted by Gasteiger charge is -2.22. The Morgan fingerprint density at radius 2 is 2.05 bits per heavy atom. The number of hydrogen-bond acceptors (Lipinski definition) is 3. The molecule has 0 radical (unpaired) electrons. The minimum Gasteiger partial charge on any atom is -0.481 e. The second kappa shape index (κ2) is 5.81. The van der Waals surface area contributed by atoms with Crippen molar-refractivity contribution in [2.45, 2.75) is 51.6 Å². The highest BCUT2D eigenvalue weighted by atomic mass is 16.4. The van der Waals surface area contributed by atoms with Gasteiger partial charge in [0.1, 0.15) is 0 Å². The molecule has 6 heteroatoms. The Kier molecular flexibility index (Phi) is 4.30. The standard InChI is InChI=1S/C14H22N2O4/c1-8(2)16-7-9(6-12(16)17)13(18)15-11-5-3-4-10(11)14(19)20/h8-11H,3-7H2,1-2H3,(H,15,18)(H,19,20). The van der Waals surface area contributed by atoms with Crippen LogP contribution in [0.15, 0.2) is 0 Å². The molecule has 0 bridgehead atoms. The summed E-state index contributed by atoms with van der Waals surface area (Å²) in [7, 11) is 0. The lowest BCUT2D eigenvalue weighted by molar-refractivity contribution is -0.142. The number of carbonyl (C=O) groups is 3. The van der Waals surface area contributed by atoms with E-state index in [0.29, 0.717) is 19.4 Å². The summed E-state index contributed by atoms with van der Waals surface area (Å²) in [6, 6.07) is -0.193. The van der Waals surface area contributed by atoms with Crippen molar-refractivity contribution in [2.24, 2.45) is 11.8 Å². The molecule has 0 spiro atoms. The smallest absolute Gasteiger partial charge is 0.308 e. The molecule has 1 saturated heterocycles. The van der Waals surface area contributed by atoms with E-state index in [9.17, 15) is 14.4 Å². The zero-order valence-electron chi connectivity index (χ0n) is 12.0. The van der Waals surface area contributed by atoms with Crippen LogP contribution < -0.4 is 5.32 Å². The predicted octanol–water partition coefficient (Wildman–Crippen LogP) is 0.613. The topological polar surface area (TPSA) is 86.7 Å². The van der Waals surface area contributed by atoms with Crippen molar-refractivity contribution in [1.29, 1.82) is 0 Å². The maximum atomic E-state index is 12.2. The molecule has 6 nitrogen and oxygen atoms in total. The molecule has 0 aromatic carbocycles. The average molecular weight is 282 g/mol. The summed E-state index contributed by atoms with van der Waals surface area (Å²) >= 11 is 0. The van der Waals surface area contributed by atoms with Gasteiger partial charge in [0.15, 0.2) is 0 Å². The van der Waals surface area contributed by atoms with Crippen LogP contribution in [0, 0.1) is 11.8 Å². The summed E-state index contributed by atoms with van der Waals surface area (Å²) in [5.41, 5.74) is 0. The van der Waals surface area contributed by atoms with Crippen molar-refractivity contribution in [3.63, 3.8) is 0 Å². The number of nitrogens with one attached hydrogen (secondary N) is 1. The number of carboxylic acids is 1. The van der Waals surface area contributed by atoms with E-state index >= 15 is 0 Å². The fraction of sp³-hybridized carbons (Fsp3) is 0.786. The van der Waals surface area contributed by atoms with Crippen molar-refractivity contribution in [3.8, 4) is 0 Å². The maximum absolute atomic E-state index is 12.2. The molecule has 2 N–H and O–H groups in total. The molecule has 0 aromatic rings. The predicted molar refractivity (Wildman–Crippen MR) is 71.9 cm³/mol. The van der Waals surface area contributed by atoms with Gasteiger partial charge >= 0.3 is 5.97 Å². The number of carboxylic acid groups (broad SMARTS) is 1. The van der Waals surface area contributed by atoms with Crippen molar-refractivity contribution in [2.75, 3.05) is 6.54 Å². The molecule has 2 amide bonds. The fourth-order valence-corrected chi connectivity index (χ4v) is 3.14. The highest BCUT2D eigenvalue weighted by molar-refractivity contribution is 5.89.